The average Bonchev–Trinajstić information content (AvgIpc) is 3.42. The molecule has 0 aliphatic heterocycles. The van der Waals surface area contributed by atoms with E-state index >= 15 is 0 Å². The third-order valence-corrected chi connectivity index (χ3v) is 13.6. The van der Waals surface area contributed by atoms with Gasteiger partial charge in [0.1, 0.15) is 16.3 Å². The molecule has 12 heteroatoms. The fraction of sp³-hybridized carbons (Fsp3) is 0.571. The number of fused-ring (bicyclic) bond motifs is 4. The number of rotatable bonds is 10. The van der Waals surface area contributed by atoms with Crippen LogP contribution in [0.25, 0.3) is 12.2 Å². The molecule has 0 spiro atoms. The van der Waals surface area contributed by atoms with Crippen molar-refractivity contribution in [2.45, 2.75) is 53.4 Å². The van der Waals surface area contributed by atoms with Crippen LogP contribution in [0.3, 0.4) is 0 Å². The van der Waals surface area contributed by atoms with Crippen LogP contribution >= 0.6 is 28.3 Å². The van der Waals surface area contributed by atoms with E-state index in [2.05, 4.69) is 38.2 Å². The van der Waals surface area contributed by atoms with Gasteiger partial charge >= 0.3 is 140 Å². The second-order valence-corrected chi connectivity index (χ2v) is 15.6. The molecule has 5 rings (SSSR count). The third-order valence-electron chi connectivity index (χ3n) is 10.6. The van der Waals surface area contributed by atoms with Crippen molar-refractivity contribution in [3.05, 3.63) is 46.5 Å². The van der Waals surface area contributed by atoms with Crippen molar-refractivity contribution in [2.24, 2.45) is 33.5 Å². The van der Waals surface area contributed by atoms with Crippen LogP contribution in [0.4, 0.5) is 0 Å². The van der Waals surface area contributed by atoms with E-state index in [1.54, 1.807) is 0 Å². The van der Waals surface area contributed by atoms with Gasteiger partial charge in [-0.3, -0.25) is 4.79 Å². The van der Waals surface area contributed by atoms with Crippen LogP contribution in [0.2, 0.25) is 0 Å². The molecule has 4 unspecified atom stereocenters. The van der Waals surface area contributed by atoms with E-state index in [0.717, 1.165) is 48.0 Å². The van der Waals surface area contributed by atoms with Crippen LogP contribution in [0, 0.1) is 33.5 Å². The molecule has 4 aliphatic rings. The summed E-state index contributed by atoms with van der Waals surface area (Å²) < 4.78 is 44.4. The molecule has 4 saturated carbocycles. The maximum atomic E-state index is 13.6. The predicted octanol–water partition coefficient (Wildman–Crippen LogP) is 5.68. The number of halogens is 1. The first-order valence-corrected chi connectivity index (χ1v) is 16.4. The Balaban J connectivity index is 1.38. The van der Waals surface area contributed by atoms with Crippen molar-refractivity contribution in [3.8, 4) is 0 Å². The molecule has 40 heavy (non-hydrogen) atoms. The standard InChI is InChI=1S/C28H32BBrO8S2/c1-25(2)21-9-11-27(25,15-39-38-36-29-33)23(31)19(21)13-17-5-7-18(8-6-17)14-20-22-10-12-28(24(20)32,26(22,3)4)16-40(34,35)37-30/h5-8,13-14,21-22H,9-12,15-16H2,1-4H3. The Kier molecular flexibility index (Phi) is 7.69. The zero-order valence-electron chi connectivity index (χ0n) is 22.9. The van der Waals surface area contributed by atoms with Crippen LogP contribution < -0.4 is 0 Å². The van der Waals surface area contributed by atoms with Crippen molar-refractivity contribution >= 4 is 69.5 Å². The first-order chi connectivity index (χ1) is 18.8. The molecule has 4 atom stereocenters. The summed E-state index contributed by atoms with van der Waals surface area (Å²) in [6, 6.07) is 7.73. The van der Waals surface area contributed by atoms with Gasteiger partial charge in [0.05, 0.1) is 11.2 Å². The fourth-order valence-electron chi connectivity index (χ4n) is 8.10. The second kappa shape index (κ2) is 10.3. The maximum absolute atomic E-state index is 13.6. The zero-order valence-corrected chi connectivity index (χ0v) is 26.1. The Bertz CT molecular complexity index is 1420. The van der Waals surface area contributed by atoms with E-state index in [1.807, 2.05) is 50.3 Å². The molecule has 4 bridgehead atoms. The van der Waals surface area contributed by atoms with Crippen molar-refractivity contribution in [2.75, 3.05) is 11.5 Å². The van der Waals surface area contributed by atoms with Gasteiger partial charge in [0, 0.05) is 5.57 Å². The molecule has 8 nitrogen and oxygen atoms in total. The molecule has 1 aromatic rings. The Hall–Kier alpha value is -1.60. The Morgan fingerprint density at radius 3 is 1.90 bits per heavy atom. The first kappa shape index (κ1) is 29.9. The van der Waals surface area contributed by atoms with Crippen molar-refractivity contribution in [1.29, 1.82) is 0 Å². The van der Waals surface area contributed by atoms with Crippen LogP contribution in [-0.4, -0.2) is 38.8 Å². The number of carbonyl (C=O) groups excluding carboxylic acids is 2. The molecule has 0 heterocycles. The van der Waals surface area contributed by atoms with Crippen molar-refractivity contribution < 1.29 is 35.1 Å². The summed E-state index contributed by atoms with van der Waals surface area (Å²) in [5, 5.41) is 0. The number of benzene rings is 1. The predicted molar refractivity (Wildman–Crippen MR) is 155 cm³/mol. The molecule has 1 aromatic carbocycles. The van der Waals surface area contributed by atoms with Gasteiger partial charge in [-0.2, -0.15) is 11.7 Å². The van der Waals surface area contributed by atoms with Crippen molar-refractivity contribution in [1.82, 2.24) is 0 Å². The Morgan fingerprint density at radius 1 is 0.925 bits per heavy atom. The average molecular weight is 651 g/mol. The van der Waals surface area contributed by atoms with Gasteiger partial charge in [0.15, 0.2) is 5.78 Å². The molecule has 0 N–H and O–H groups in total. The number of hydrogen-bond donors (Lipinski definition) is 0. The van der Waals surface area contributed by atoms with E-state index in [9.17, 15) is 22.7 Å². The summed E-state index contributed by atoms with van der Waals surface area (Å²) in [5.74, 6) is 0.149. The van der Waals surface area contributed by atoms with Gasteiger partial charge in [-0.25, -0.2) is 0 Å². The minimum atomic E-state index is -3.89. The third kappa shape index (κ3) is 4.35. The van der Waals surface area contributed by atoms with Crippen LogP contribution in [0.15, 0.2) is 35.4 Å². The SMILES string of the molecule is CC1(C)C2CCC1(CSOOB=O)C(=O)C2=Cc1ccc(C=C2C(=O)C3(CS(=O)(=O)OBr)CCC2C3(C)C)cc1. The van der Waals surface area contributed by atoms with Gasteiger partial charge in [-0.05, 0) is 30.3 Å². The molecule has 4 fully saturated rings. The molecule has 214 valence electrons. The number of allylic oxidation sites excluding steroid dienone is 2. The number of ketones is 2. The first-order valence-electron chi connectivity index (χ1n) is 13.3. The van der Waals surface area contributed by atoms with Crippen molar-refractivity contribution in [3.63, 3.8) is 0 Å². The molecule has 0 amide bonds. The van der Waals surface area contributed by atoms with E-state index in [4.69, 9.17) is 4.33 Å². The number of carbonyl (C=O) groups is 2. The zero-order chi connectivity index (χ0) is 29.1. The van der Waals surface area contributed by atoms with Gasteiger partial charge in [-0.1, -0.05) is 13.8 Å². The van der Waals surface area contributed by atoms with E-state index < -0.39 is 26.4 Å². The van der Waals surface area contributed by atoms with Gasteiger partial charge in [0.25, 0.3) is 10.1 Å². The molecule has 4 aliphatic carbocycles. The van der Waals surface area contributed by atoms with E-state index in [0.29, 0.717) is 17.7 Å². The molecule has 0 saturated heterocycles. The summed E-state index contributed by atoms with van der Waals surface area (Å²) in [6.45, 7) is 8.19. The fourth-order valence-corrected chi connectivity index (χ4v) is 10.7. The molecular weight excluding hydrogens is 619 g/mol. The van der Waals surface area contributed by atoms with Crippen LogP contribution in [-0.2, 0) is 36.8 Å². The van der Waals surface area contributed by atoms with E-state index in [1.165, 1.54) is 0 Å². The summed E-state index contributed by atoms with van der Waals surface area (Å²) in [4.78, 5) is 31.6. The Morgan fingerprint density at radius 2 is 1.40 bits per heavy atom. The van der Waals surface area contributed by atoms with Crippen LogP contribution in [0.5, 0.6) is 0 Å². The van der Waals surface area contributed by atoms with Gasteiger partial charge < -0.3 is 0 Å². The monoisotopic (exact) mass is 650 g/mol. The summed E-state index contributed by atoms with van der Waals surface area (Å²) in [6.07, 6.45) is 6.78. The molecular formula is C28H32BBrO8S2. The summed E-state index contributed by atoms with van der Waals surface area (Å²) in [7, 11) is -3.67. The van der Waals surface area contributed by atoms with Gasteiger partial charge in [-0.15, -0.1) is 0 Å². The normalized spacial score (nSPS) is 33.7. The van der Waals surface area contributed by atoms with Gasteiger partial charge in [0.2, 0.25) is 0 Å². The number of Topliss-reactive ketones (excluding diaryl/α,β-unsaturated/α-hetero) is 2. The quantitative estimate of drug-likeness (QED) is 0.0788. The molecule has 0 radical (unpaired) electrons. The van der Waals surface area contributed by atoms with Crippen LogP contribution in [0.1, 0.15) is 64.5 Å². The second-order valence-electron chi connectivity index (χ2n) is 12.6. The topological polar surface area (TPSA) is 113 Å². The molecule has 0 aromatic heterocycles. The summed E-state index contributed by atoms with van der Waals surface area (Å²) >= 11 is 3.57. The number of hydrogen-bond acceptors (Lipinski definition) is 9. The minimum absolute atomic E-state index is 0.0313. The summed E-state index contributed by atoms with van der Waals surface area (Å²) in [5.41, 5.74) is 0.871. The van der Waals surface area contributed by atoms with E-state index in [-0.39, 0.29) is 41.9 Å². The Labute approximate surface area is 248 Å².